The average Bonchev–Trinajstić information content (AvgIpc) is 2.91. The fraction of sp³-hybridized carbons (Fsp3) is 0.214. The minimum Gasteiger partial charge on any atom is -0.494 e. The molecular formula is C28H27FN2O6S. The fourth-order valence-corrected chi connectivity index (χ4v) is 5.52. The Labute approximate surface area is 219 Å². The SMILES string of the molecule is CCCCc1nc(O)c(S(=O)(=O)c2ccc(-c3ccccc3F)cc2)c(=O)n1-c1c(OC)cccc1OC. The van der Waals surface area contributed by atoms with Crippen molar-refractivity contribution in [2.24, 2.45) is 0 Å². The van der Waals surface area contributed by atoms with E-state index in [1.807, 2.05) is 6.92 Å². The van der Waals surface area contributed by atoms with Crippen molar-refractivity contribution in [3.63, 3.8) is 0 Å². The highest BCUT2D eigenvalue weighted by Gasteiger charge is 2.31. The van der Waals surface area contributed by atoms with Gasteiger partial charge in [0.05, 0.1) is 19.1 Å². The number of hydrogen-bond donors (Lipinski definition) is 1. The first-order valence-corrected chi connectivity index (χ1v) is 13.4. The molecule has 4 aromatic rings. The van der Waals surface area contributed by atoms with Crippen LogP contribution < -0.4 is 15.0 Å². The molecule has 0 unspecified atom stereocenters. The van der Waals surface area contributed by atoms with Crippen molar-refractivity contribution in [2.75, 3.05) is 14.2 Å². The van der Waals surface area contributed by atoms with Gasteiger partial charge in [-0.2, -0.15) is 4.98 Å². The molecule has 0 spiro atoms. The van der Waals surface area contributed by atoms with Crippen molar-refractivity contribution < 1.29 is 27.4 Å². The van der Waals surface area contributed by atoms with E-state index in [4.69, 9.17) is 9.47 Å². The number of rotatable bonds is 9. The van der Waals surface area contributed by atoms with Crippen molar-refractivity contribution >= 4 is 9.84 Å². The number of aryl methyl sites for hydroxylation is 1. The zero-order chi connectivity index (χ0) is 27.4. The van der Waals surface area contributed by atoms with Gasteiger partial charge < -0.3 is 14.6 Å². The molecule has 0 bridgehead atoms. The zero-order valence-corrected chi connectivity index (χ0v) is 22.0. The van der Waals surface area contributed by atoms with E-state index in [-0.39, 0.29) is 34.3 Å². The van der Waals surface area contributed by atoms with E-state index in [1.54, 1.807) is 36.4 Å². The molecule has 4 rings (SSSR count). The minimum atomic E-state index is -4.54. The second-order valence-electron chi connectivity index (χ2n) is 8.44. The predicted molar refractivity (Wildman–Crippen MR) is 141 cm³/mol. The van der Waals surface area contributed by atoms with Crippen LogP contribution in [0.2, 0.25) is 0 Å². The van der Waals surface area contributed by atoms with Crippen molar-refractivity contribution in [2.45, 2.75) is 36.0 Å². The predicted octanol–water partition coefficient (Wildman–Crippen LogP) is 4.94. The van der Waals surface area contributed by atoms with Gasteiger partial charge >= 0.3 is 0 Å². The Morgan fingerprint density at radius 2 is 1.58 bits per heavy atom. The normalized spacial score (nSPS) is 11.4. The maximum Gasteiger partial charge on any atom is 0.281 e. The van der Waals surface area contributed by atoms with E-state index in [0.29, 0.717) is 17.5 Å². The van der Waals surface area contributed by atoms with E-state index in [2.05, 4.69) is 4.98 Å². The Balaban J connectivity index is 1.93. The fourth-order valence-electron chi connectivity index (χ4n) is 4.18. The van der Waals surface area contributed by atoms with Crippen LogP contribution in [0.25, 0.3) is 16.8 Å². The molecule has 38 heavy (non-hydrogen) atoms. The topological polar surface area (TPSA) is 108 Å². The van der Waals surface area contributed by atoms with Crippen LogP contribution in [0, 0.1) is 5.82 Å². The summed E-state index contributed by atoms with van der Waals surface area (Å²) in [6.45, 7) is 1.95. The molecule has 10 heteroatoms. The van der Waals surface area contributed by atoms with Gasteiger partial charge in [-0.25, -0.2) is 12.8 Å². The molecule has 0 fully saturated rings. The maximum atomic E-state index is 14.2. The number of aromatic nitrogens is 2. The summed E-state index contributed by atoms with van der Waals surface area (Å²) in [5.74, 6) is -0.680. The molecule has 1 aromatic heterocycles. The van der Waals surface area contributed by atoms with Gasteiger partial charge in [-0.1, -0.05) is 49.7 Å². The van der Waals surface area contributed by atoms with Crippen molar-refractivity contribution in [3.8, 4) is 34.2 Å². The van der Waals surface area contributed by atoms with Crippen LogP contribution in [0.5, 0.6) is 17.4 Å². The summed E-state index contributed by atoms with van der Waals surface area (Å²) in [4.78, 5) is 16.9. The van der Waals surface area contributed by atoms with Crippen LogP contribution in [-0.2, 0) is 16.3 Å². The van der Waals surface area contributed by atoms with Gasteiger partial charge in [0.2, 0.25) is 15.7 Å². The maximum absolute atomic E-state index is 14.2. The smallest absolute Gasteiger partial charge is 0.281 e. The van der Waals surface area contributed by atoms with Crippen molar-refractivity contribution in [1.82, 2.24) is 9.55 Å². The van der Waals surface area contributed by atoms with Gasteiger partial charge in [-0.05, 0) is 42.3 Å². The van der Waals surface area contributed by atoms with E-state index >= 15 is 0 Å². The Hall–Kier alpha value is -4.18. The first-order chi connectivity index (χ1) is 18.2. The molecular weight excluding hydrogens is 511 g/mol. The first-order valence-electron chi connectivity index (χ1n) is 11.9. The lowest BCUT2D eigenvalue weighted by Gasteiger charge is -2.19. The number of aromatic hydroxyl groups is 1. The van der Waals surface area contributed by atoms with E-state index in [1.165, 1.54) is 44.6 Å². The monoisotopic (exact) mass is 538 g/mol. The Morgan fingerprint density at radius 1 is 0.947 bits per heavy atom. The van der Waals surface area contributed by atoms with Crippen LogP contribution >= 0.6 is 0 Å². The Kier molecular flexibility index (Phi) is 7.82. The molecule has 0 aliphatic heterocycles. The lowest BCUT2D eigenvalue weighted by Crippen LogP contribution is -2.29. The molecule has 0 aliphatic carbocycles. The highest BCUT2D eigenvalue weighted by molar-refractivity contribution is 7.91. The number of hydrogen-bond acceptors (Lipinski definition) is 7. The standard InChI is InChI=1S/C28H27FN2O6S/c1-4-5-13-24-30-27(32)26(28(33)31(24)25-22(36-2)11-8-12-23(25)37-3)38(34,35)19-16-14-18(15-17-19)20-9-6-7-10-21(20)29/h6-12,14-17,32H,4-5,13H2,1-3H3. The molecule has 0 saturated carbocycles. The number of unbranched alkanes of at least 4 members (excludes halogenated alkanes) is 1. The van der Waals surface area contributed by atoms with Gasteiger partial charge in [0.25, 0.3) is 5.56 Å². The summed E-state index contributed by atoms with van der Waals surface area (Å²) in [7, 11) is -1.71. The third-order valence-electron chi connectivity index (χ3n) is 6.09. The van der Waals surface area contributed by atoms with Crippen LogP contribution in [0.4, 0.5) is 4.39 Å². The Bertz CT molecular complexity index is 1610. The molecule has 8 nitrogen and oxygen atoms in total. The minimum absolute atomic E-state index is 0.158. The second-order valence-corrected chi connectivity index (χ2v) is 10.3. The lowest BCUT2D eigenvalue weighted by molar-refractivity contribution is 0.386. The lowest BCUT2D eigenvalue weighted by atomic mass is 10.1. The third-order valence-corrected chi connectivity index (χ3v) is 7.88. The van der Waals surface area contributed by atoms with Crippen molar-refractivity contribution in [3.05, 3.63) is 88.7 Å². The first kappa shape index (κ1) is 26.9. The number of nitrogens with zero attached hydrogens (tertiary/aromatic N) is 2. The summed E-state index contributed by atoms with van der Waals surface area (Å²) < 4.78 is 53.6. The van der Waals surface area contributed by atoms with Crippen LogP contribution in [0.1, 0.15) is 25.6 Å². The van der Waals surface area contributed by atoms with Gasteiger partial charge in [-0.3, -0.25) is 9.36 Å². The molecule has 0 saturated heterocycles. The highest BCUT2D eigenvalue weighted by Crippen LogP contribution is 2.34. The number of ether oxygens (including phenoxy) is 2. The van der Waals surface area contributed by atoms with Crippen LogP contribution in [0.15, 0.2) is 81.3 Å². The molecule has 3 aromatic carbocycles. The van der Waals surface area contributed by atoms with Gasteiger partial charge in [0.15, 0.2) is 4.90 Å². The number of sulfone groups is 1. The van der Waals surface area contributed by atoms with E-state index < -0.39 is 32.0 Å². The molecule has 0 radical (unpaired) electrons. The molecule has 0 amide bonds. The second kappa shape index (κ2) is 11.1. The molecule has 1 heterocycles. The largest absolute Gasteiger partial charge is 0.494 e. The molecule has 1 N–H and O–H groups in total. The highest BCUT2D eigenvalue weighted by atomic mass is 32.2. The summed E-state index contributed by atoms with van der Waals surface area (Å²) in [5, 5.41) is 10.7. The van der Waals surface area contributed by atoms with Crippen molar-refractivity contribution in [1.29, 1.82) is 0 Å². The quantitative estimate of drug-likeness (QED) is 0.322. The molecule has 0 aliphatic rings. The number of halogens is 1. The molecule has 198 valence electrons. The molecule has 0 atom stereocenters. The summed E-state index contributed by atoms with van der Waals surface area (Å²) in [6, 6.07) is 16.4. The Morgan fingerprint density at radius 3 is 2.16 bits per heavy atom. The van der Waals surface area contributed by atoms with Gasteiger partial charge in [0, 0.05) is 12.0 Å². The van der Waals surface area contributed by atoms with Gasteiger partial charge in [0.1, 0.15) is 28.8 Å². The number of methoxy groups -OCH3 is 2. The summed E-state index contributed by atoms with van der Waals surface area (Å²) in [6.07, 6.45) is 1.69. The summed E-state index contributed by atoms with van der Waals surface area (Å²) in [5.41, 5.74) is -0.0700. The number of benzene rings is 3. The van der Waals surface area contributed by atoms with Crippen LogP contribution in [0.3, 0.4) is 0 Å². The van der Waals surface area contributed by atoms with Gasteiger partial charge in [-0.15, -0.1) is 0 Å². The van der Waals surface area contributed by atoms with Crippen LogP contribution in [-0.4, -0.2) is 37.3 Å². The third kappa shape index (κ3) is 4.87. The average molecular weight is 539 g/mol. The van der Waals surface area contributed by atoms with E-state index in [9.17, 15) is 22.7 Å². The number of para-hydroxylation sites is 1. The zero-order valence-electron chi connectivity index (χ0n) is 21.1. The van der Waals surface area contributed by atoms with E-state index in [0.717, 1.165) is 11.0 Å². The summed E-state index contributed by atoms with van der Waals surface area (Å²) >= 11 is 0.